The molecule has 0 amide bonds. The standard InChI is InChI=1S/C17H19NO3/c1-10-5-6-12(8-11(10)2)14-15(17(20)16(14)19)18-9-13-4-3-7-21-13/h5-6,8,13,18H,3-4,7,9H2,1-2H3/t13-/m1/s1. The second-order valence-electron chi connectivity index (χ2n) is 5.72. The molecule has 0 aromatic heterocycles. The third-order valence-corrected chi connectivity index (χ3v) is 4.24. The summed E-state index contributed by atoms with van der Waals surface area (Å²) < 4.78 is 5.53. The average Bonchev–Trinajstić information content (AvgIpc) is 2.99. The van der Waals surface area contributed by atoms with Crippen molar-refractivity contribution in [1.82, 2.24) is 0 Å². The van der Waals surface area contributed by atoms with E-state index in [-0.39, 0.29) is 6.10 Å². The first kappa shape index (κ1) is 14.0. The lowest BCUT2D eigenvalue weighted by atomic mass is 9.95. The molecule has 1 atom stereocenters. The number of rotatable bonds is 4. The maximum atomic E-state index is 11.9. The number of nitrogens with one attached hydrogen (secondary N) is 1. The molecule has 4 heteroatoms. The van der Waals surface area contributed by atoms with Gasteiger partial charge in [0.05, 0.1) is 17.4 Å². The van der Waals surface area contributed by atoms with Crippen molar-refractivity contribution >= 4 is 5.69 Å². The van der Waals surface area contributed by atoms with Crippen LogP contribution in [0.15, 0.2) is 27.8 Å². The van der Waals surface area contributed by atoms with E-state index in [9.17, 15) is 9.59 Å². The maximum Gasteiger partial charge on any atom is 0.250 e. The normalized spacial score (nSPS) is 18.3. The molecule has 1 N–H and O–H groups in total. The molecule has 2 aromatic carbocycles. The van der Waals surface area contributed by atoms with Gasteiger partial charge in [0.15, 0.2) is 0 Å². The van der Waals surface area contributed by atoms with E-state index in [0.29, 0.717) is 17.8 Å². The monoisotopic (exact) mass is 285 g/mol. The van der Waals surface area contributed by atoms with Crippen LogP contribution in [0.4, 0.5) is 5.69 Å². The molecule has 0 aliphatic carbocycles. The predicted octanol–water partition coefficient (Wildman–Crippen LogP) is 2.16. The number of benzene rings is 1. The molecule has 21 heavy (non-hydrogen) atoms. The molecule has 2 aromatic rings. The van der Waals surface area contributed by atoms with Crippen molar-refractivity contribution in [2.24, 2.45) is 0 Å². The van der Waals surface area contributed by atoms with Crippen molar-refractivity contribution in [2.75, 3.05) is 18.5 Å². The van der Waals surface area contributed by atoms with Crippen LogP contribution in [0.1, 0.15) is 24.0 Å². The Labute approximate surface area is 123 Å². The Bertz CT molecular complexity index is 735. The Morgan fingerprint density at radius 1 is 1.19 bits per heavy atom. The van der Waals surface area contributed by atoms with Gasteiger partial charge in [-0.05, 0) is 43.4 Å². The molecule has 1 saturated heterocycles. The Morgan fingerprint density at radius 3 is 2.67 bits per heavy atom. The van der Waals surface area contributed by atoms with Crippen LogP contribution in [0.3, 0.4) is 0 Å². The number of hydrogen-bond donors (Lipinski definition) is 1. The Balaban J connectivity index is 1.85. The Hall–Kier alpha value is -1.94. The molecule has 4 nitrogen and oxygen atoms in total. The molecule has 1 fully saturated rings. The molecule has 110 valence electrons. The lowest BCUT2D eigenvalue weighted by molar-refractivity contribution is 0.120. The van der Waals surface area contributed by atoms with Crippen LogP contribution in [0.25, 0.3) is 11.1 Å². The van der Waals surface area contributed by atoms with Gasteiger partial charge in [0, 0.05) is 13.2 Å². The summed E-state index contributed by atoms with van der Waals surface area (Å²) >= 11 is 0. The summed E-state index contributed by atoms with van der Waals surface area (Å²) in [5.74, 6) is 0. The minimum Gasteiger partial charge on any atom is -0.379 e. The smallest absolute Gasteiger partial charge is 0.250 e. The first-order chi connectivity index (χ1) is 10.1. The van der Waals surface area contributed by atoms with Gasteiger partial charge in [-0.3, -0.25) is 9.59 Å². The topological polar surface area (TPSA) is 55.4 Å². The molecule has 1 heterocycles. The SMILES string of the molecule is Cc1ccc(-c2c(NC[C@H]3CCCO3)c(=O)c2=O)cc1C. The van der Waals surface area contributed by atoms with Crippen LogP contribution in [0.2, 0.25) is 0 Å². The third-order valence-electron chi connectivity index (χ3n) is 4.24. The first-order valence-electron chi connectivity index (χ1n) is 7.34. The fraction of sp³-hybridized carbons (Fsp3) is 0.412. The lowest BCUT2D eigenvalue weighted by Crippen LogP contribution is -2.37. The largest absolute Gasteiger partial charge is 0.379 e. The quantitative estimate of drug-likeness (QED) is 0.875. The molecule has 0 unspecified atom stereocenters. The predicted molar refractivity (Wildman–Crippen MR) is 83.7 cm³/mol. The van der Waals surface area contributed by atoms with Gasteiger partial charge in [-0.2, -0.15) is 0 Å². The molecular weight excluding hydrogens is 266 g/mol. The summed E-state index contributed by atoms with van der Waals surface area (Å²) in [5.41, 5.74) is 3.25. The molecule has 1 aliphatic heterocycles. The van der Waals surface area contributed by atoms with Crippen molar-refractivity contribution in [3.05, 3.63) is 49.8 Å². The van der Waals surface area contributed by atoms with Crippen LogP contribution in [0.5, 0.6) is 0 Å². The molecule has 0 saturated carbocycles. The number of ether oxygens (including phenoxy) is 1. The minimum absolute atomic E-state index is 0.141. The fourth-order valence-electron chi connectivity index (χ4n) is 2.75. The highest BCUT2D eigenvalue weighted by atomic mass is 16.5. The minimum atomic E-state index is -0.416. The third kappa shape index (κ3) is 2.51. The van der Waals surface area contributed by atoms with E-state index in [2.05, 4.69) is 5.32 Å². The second-order valence-corrected chi connectivity index (χ2v) is 5.72. The van der Waals surface area contributed by atoms with E-state index in [1.165, 1.54) is 5.56 Å². The molecular formula is C17H19NO3. The zero-order valence-corrected chi connectivity index (χ0v) is 12.4. The van der Waals surface area contributed by atoms with E-state index < -0.39 is 10.9 Å². The van der Waals surface area contributed by atoms with Crippen molar-refractivity contribution < 1.29 is 4.74 Å². The van der Waals surface area contributed by atoms with E-state index in [1.807, 2.05) is 32.0 Å². The van der Waals surface area contributed by atoms with Gasteiger partial charge in [0.2, 0.25) is 10.9 Å². The van der Waals surface area contributed by atoms with E-state index in [4.69, 9.17) is 4.74 Å². The molecule has 0 bridgehead atoms. The van der Waals surface area contributed by atoms with Crippen molar-refractivity contribution in [3.8, 4) is 11.1 Å². The first-order valence-corrected chi connectivity index (χ1v) is 7.34. The summed E-state index contributed by atoms with van der Waals surface area (Å²) in [4.78, 5) is 23.7. The van der Waals surface area contributed by atoms with Gasteiger partial charge in [-0.15, -0.1) is 0 Å². The van der Waals surface area contributed by atoms with E-state index in [0.717, 1.165) is 30.6 Å². The van der Waals surface area contributed by atoms with Gasteiger partial charge in [0.25, 0.3) is 0 Å². The highest BCUT2D eigenvalue weighted by molar-refractivity contribution is 5.82. The highest BCUT2D eigenvalue weighted by Crippen LogP contribution is 2.26. The van der Waals surface area contributed by atoms with Crippen LogP contribution < -0.4 is 16.2 Å². The van der Waals surface area contributed by atoms with Gasteiger partial charge < -0.3 is 10.1 Å². The van der Waals surface area contributed by atoms with Crippen LogP contribution in [-0.2, 0) is 4.74 Å². The second kappa shape index (κ2) is 5.45. The summed E-state index contributed by atoms with van der Waals surface area (Å²) in [6.07, 6.45) is 2.20. The molecule has 0 spiro atoms. The number of anilines is 1. The fourth-order valence-corrected chi connectivity index (χ4v) is 2.75. The molecule has 1 aliphatic rings. The van der Waals surface area contributed by atoms with Gasteiger partial charge in [-0.25, -0.2) is 0 Å². The van der Waals surface area contributed by atoms with E-state index in [1.54, 1.807) is 0 Å². The Kier molecular flexibility index (Phi) is 3.64. The average molecular weight is 285 g/mol. The van der Waals surface area contributed by atoms with Crippen LogP contribution in [0, 0.1) is 13.8 Å². The lowest BCUT2D eigenvalue weighted by Gasteiger charge is -2.16. The van der Waals surface area contributed by atoms with Crippen molar-refractivity contribution in [3.63, 3.8) is 0 Å². The van der Waals surface area contributed by atoms with Gasteiger partial charge in [0.1, 0.15) is 0 Å². The summed E-state index contributed by atoms with van der Waals surface area (Å²) in [6.45, 7) is 5.40. The van der Waals surface area contributed by atoms with Gasteiger partial charge >= 0.3 is 0 Å². The summed E-state index contributed by atoms with van der Waals surface area (Å²) in [6, 6.07) is 5.84. The van der Waals surface area contributed by atoms with Crippen molar-refractivity contribution in [1.29, 1.82) is 0 Å². The van der Waals surface area contributed by atoms with E-state index >= 15 is 0 Å². The number of aryl methyl sites for hydroxylation is 2. The van der Waals surface area contributed by atoms with Gasteiger partial charge in [-0.1, -0.05) is 18.2 Å². The van der Waals surface area contributed by atoms with Crippen LogP contribution in [-0.4, -0.2) is 19.3 Å². The highest BCUT2D eigenvalue weighted by Gasteiger charge is 2.24. The maximum absolute atomic E-state index is 11.9. The van der Waals surface area contributed by atoms with Crippen molar-refractivity contribution in [2.45, 2.75) is 32.8 Å². The Morgan fingerprint density at radius 2 is 2.00 bits per heavy atom. The summed E-state index contributed by atoms with van der Waals surface area (Å²) in [5, 5.41) is 3.11. The summed E-state index contributed by atoms with van der Waals surface area (Å²) in [7, 11) is 0. The molecule has 3 rings (SSSR count). The molecule has 0 radical (unpaired) electrons. The zero-order valence-electron chi connectivity index (χ0n) is 12.4. The number of hydrogen-bond acceptors (Lipinski definition) is 4. The van der Waals surface area contributed by atoms with Crippen LogP contribution >= 0.6 is 0 Å². The zero-order chi connectivity index (χ0) is 15.0.